The lowest BCUT2D eigenvalue weighted by atomic mass is 10.0. The molecule has 0 unspecified atom stereocenters. The van der Waals surface area contributed by atoms with Crippen LogP contribution in [-0.2, 0) is 0 Å². The van der Waals surface area contributed by atoms with Gasteiger partial charge in [-0.2, -0.15) is 13.2 Å². The van der Waals surface area contributed by atoms with Crippen LogP contribution in [0.5, 0.6) is 5.88 Å². The van der Waals surface area contributed by atoms with E-state index in [1.807, 2.05) is 0 Å². The van der Waals surface area contributed by atoms with E-state index in [0.29, 0.717) is 0 Å². The molecule has 1 saturated carbocycles. The minimum Gasteiger partial charge on any atom is -0.478 e. The Labute approximate surface area is 134 Å². The van der Waals surface area contributed by atoms with E-state index in [1.165, 1.54) is 35.3 Å². The van der Waals surface area contributed by atoms with Crippen LogP contribution in [0, 0.1) is 5.41 Å². The molecule has 0 saturated heterocycles. The zero-order chi connectivity index (χ0) is 17.4. The van der Waals surface area contributed by atoms with Crippen molar-refractivity contribution in [3.63, 3.8) is 0 Å². The second-order valence-corrected chi connectivity index (χ2v) is 5.65. The first kappa shape index (κ1) is 16.3. The highest BCUT2D eigenvalue weighted by Gasteiger charge is 2.62. The number of carbonyl (C=O) groups is 1. The van der Waals surface area contributed by atoms with Gasteiger partial charge in [-0.25, -0.2) is 14.5 Å². The fraction of sp³-hybridized carbons (Fsp3) is 0.400. The second kappa shape index (κ2) is 5.81. The van der Waals surface area contributed by atoms with Gasteiger partial charge >= 0.3 is 12.1 Å². The highest BCUT2D eigenvalue weighted by Crippen LogP contribution is 2.59. The summed E-state index contributed by atoms with van der Waals surface area (Å²) in [5.74, 6) is -0.930. The molecule has 0 atom stereocenters. The third-order valence-corrected chi connectivity index (χ3v) is 4.08. The maximum atomic E-state index is 12.8. The monoisotopic (exact) mass is 341 g/mol. The van der Waals surface area contributed by atoms with Gasteiger partial charge in [-0.05, 0) is 31.4 Å². The Morgan fingerprint density at radius 2 is 2.12 bits per heavy atom. The molecule has 2 aromatic rings. The van der Waals surface area contributed by atoms with E-state index < -0.39 is 17.6 Å². The maximum absolute atomic E-state index is 12.8. The summed E-state index contributed by atoms with van der Waals surface area (Å²) >= 11 is 0. The number of nitrogens with zero attached hydrogens (tertiary/aromatic N) is 3. The number of hydrogen-bond acceptors (Lipinski definition) is 4. The molecular formula is C15H14F3N3O3. The van der Waals surface area contributed by atoms with Crippen LogP contribution in [0.15, 0.2) is 30.6 Å². The van der Waals surface area contributed by atoms with Crippen molar-refractivity contribution >= 4 is 5.97 Å². The molecule has 0 amide bonds. The Hall–Kier alpha value is -2.58. The minimum atomic E-state index is -4.21. The second-order valence-electron chi connectivity index (χ2n) is 5.65. The quantitative estimate of drug-likeness (QED) is 0.874. The number of rotatable bonds is 6. The molecule has 128 valence electrons. The smallest absolute Gasteiger partial charge is 0.394 e. The first-order valence-corrected chi connectivity index (χ1v) is 7.26. The molecule has 2 aromatic heterocycles. The van der Waals surface area contributed by atoms with E-state index in [9.17, 15) is 18.0 Å². The number of pyridine rings is 1. The fourth-order valence-corrected chi connectivity index (χ4v) is 2.43. The first-order valence-electron chi connectivity index (χ1n) is 7.26. The van der Waals surface area contributed by atoms with Crippen LogP contribution in [0.3, 0.4) is 0 Å². The topological polar surface area (TPSA) is 77.2 Å². The standard InChI is InChI=1S/C15H14F3N3O3/c16-15(17,18)14(4-5-14)6-9-24-11-3-8-21(20-11)12-10(13(22)23)2-1-7-19-12/h1-3,7-8H,4-6,9H2,(H,22,23). The molecule has 2 heterocycles. The van der Waals surface area contributed by atoms with Crippen LogP contribution in [0.4, 0.5) is 13.2 Å². The normalized spacial score (nSPS) is 16.0. The molecule has 0 spiro atoms. The number of hydrogen-bond donors (Lipinski definition) is 1. The number of alkyl halides is 3. The lowest BCUT2D eigenvalue weighted by molar-refractivity contribution is -0.190. The van der Waals surface area contributed by atoms with E-state index in [0.717, 1.165) is 0 Å². The molecule has 0 radical (unpaired) electrons. The van der Waals surface area contributed by atoms with Crippen LogP contribution in [0.1, 0.15) is 29.6 Å². The Bertz CT molecular complexity index is 754. The highest BCUT2D eigenvalue weighted by molar-refractivity contribution is 5.90. The Kier molecular flexibility index (Phi) is 3.94. The number of carboxylic acid groups (broad SMARTS) is 1. The molecule has 1 N–H and O–H groups in total. The van der Waals surface area contributed by atoms with Gasteiger partial charge in [0.2, 0.25) is 5.88 Å². The highest BCUT2D eigenvalue weighted by atomic mass is 19.4. The lowest BCUT2D eigenvalue weighted by Gasteiger charge is -2.18. The van der Waals surface area contributed by atoms with E-state index in [1.54, 1.807) is 0 Å². The minimum absolute atomic E-state index is 0.0406. The summed E-state index contributed by atoms with van der Waals surface area (Å²) in [5, 5.41) is 13.1. The van der Waals surface area contributed by atoms with Crippen LogP contribution in [-0.4, -0.2) is 38.6 Å². The summed E-state index contributed by atoms with van der Waals surface area (Å²) < 4.78 is 45.0. The van der Waals surface area contributed by atoms with E-state index in [2.05, 4.69) is 10.1 Å². The fourth-order valence-electron chi connectivity index (χ4n) is 2.43. The SMILES string of the molecule is O=C(O)c1cccnc1-n1ccc(OCCC2(C(F)(F)F)CC2)n1. The molecule has 9 heteroatoms. The van der Waals surface area contributed by atoms with Crippen molar-refractivity contribution in [3.05, 3.63) is 36.2 Å². The summed E-state index contributed by atoms with van der Waals surface area (Å²) in [6, 6.07) is 4.32. The van der Waals surface area contributed by atoms with E-state index >= 15 is 0 Å². The summed E-state index contributed by atoms with van der Waals surface area (Å²) in [5.41, 5.74) is -1.66. The van der Waals surface area contributed by atoms with Gasteiger partial charge in [-0.3, -0.25) is 0 Å². The number of halogens is 3. The third-order valence-electron chi connectivity index (χ3n) is 4.08. The molecule has 3 rings (SSSR count). The van der Waals surface area contributed by atoms with E-state index in [-0.39, 0.29) is 43.1 Å². The lowest BCUT2D eigenvalue weighted by Crippen LogP contribution is -2.26. The predicted octanol–water partition coefficient (Wildman–Crippen LogP) is 3.08. The summed E-state index contributed by atoms with van der Waals surface area (Å²) in [4.78, 5) is 15.1. The number of aromatic carboxylic acids is 1. The zero-order valence-electron chi connectivity index (χ0n) is 12.5. The maximum Gasteiger partial charge on any atom is 0.394 e. The summed E-state index contributed by atoms with van der Waals surface area (Å²) in [7, 11) is 0. The van der Waals surface area contributed by atoms with Crippen molar-refractivity contribution in [1.29, 1.82) is 0 Å². The van der Waals surface area contributed by atoms with Gasteiger partial charge in [0, 0.05) is 18.5 Å². The largest absolute Gasteiger partial charge is 0.478 e. The molecule has 1 fully saturated rings. The third kappa shape index (κ3) is 3.06. The van der Waals surface area contributed by atoms with Crippen LogP contribution >= 0.6 is 0 Å². The molecule has 0 bridgehead atoms. The average molecular weight is 341 g/mol. The van der Waals surface area contributed by atoms with Gasteiger partial charge in [-0.15, -0.1) is 5.10 Å². The molecule has 1 aliphatic carbocycles. The van der Waals surface area contributed by atoms with Gasteiger partial charge in [-0.1, -0.05) is 0 Å². The molecule has 0 aromatic carbocycles. The van der Waals surface area contributed by atoms with Crippen LogP contribution in [0.25, 0.3) is 5.82 Å². The van der Waals surface area contributed by atoms with Gasteiger partial charge in [0.1, 0.15) is 5.56 Å². The predicted molar refractivity (Wildman–Crippen MR) is 76.2 cm³/mol. The van der Waals surface area contributed by atoms with Gasteiger partial charge < -0.3 is 9.84 Å². The van der Waals surface area contributed by atoms with Crippen molar-refractivity contribution in [1.82, 2.24) is 14.8 Å². The summed E-state index contributed by atoms with van der Waals surface area (Å²) in [6.45, 7) is -0.107. The molecule has 0 aliphatic heterocycles. The van der Waals surface area contributed by atoms with E-state index in [4.69, 9.17) is 9.84 Å². The van der Waals surface area contributed by atoms with Gasteiger partial charge in [0.05, 0.1) is 12.0 Å². The number of ether oxygens (including phenoxy) is 1. The Morgan fingerprint density at radius 3 is 2.75 bits per heavy atom. The molecule has 1 aliphatic rings. The van der Waals surface area contributed by atoms with Crippen molar-refractivity contribution in [2.75, 3.05) is 6.61 Å². The Morgan fingerprint density at radius 1 is 1.38 bits per heavy atom. The summed E-state index contributed by atoms with van der Waals surface area (Å²) in [6.07, 6.45) is -1.20. The molecule has 24 heavy (non-hydrogen) atoms. The van der Waals surface area contributed by atoms with Crippen molar-refractivity contribution < 1.29 is 27.8 Å². The zero-order valence-corrected chi connectivity index (χ0v) is 12.5. The first-order chi connectivity index (χ1) is 11.3. The van der Waals surface area contributed by atoms with Crippen molar-refractivity contribution in [2.24, 2.45) is 5.41 Å². The number of carboxylic acids is 1. The van der Waals surface area contributed by atoms with Crippen molar-refractivity contribution in [2.45, 2.75) is 25.4 Å². The van der Waals surface area contributed by atoms with Crippen LogP contribution < -0.4 is 4.74 Å². The molecule has 6 nitrogen and oxygen atoms in total. The average Bonchev–Trinajstić information content (AvgIpc) is 3.18. The number of aromatic nitrogens is 3. The molecular weight excluding hydrogens is 327 g/mol. The Balaban J connectivity index is 1.66. The van der Waals surface area contributed by atoms with Gasteiger partial charge in [0.15, 0.2) is 5.82 Å². The van der Waals surface area contributed by atoms with Gasteiger partial charge in [0.25, 0.3) is 0 Å². The van der Waals surface area contributed by atoms with Crippen molar-refractivity contribution in [3.8, 4) is 11.7 Å². The van der Waals surface area contributed by atoms with Crippen LogP contribution in [0.2, 0.25) is 0 Å².